The van der Waals surface area contributed by atoms with Gasteiger partial charge in [0.05, 0.1) is 6.10 Å². The molecule has 5 nitrogen and oxygen atoms in total. The smallest absolute Gasteiger partial charge is 0.358 e. The van der Waals surface area contributed by atoms with Gasteiger partial charge in [0.25, 0.3) is 0 Å². The van der Waals surface area contributed by atoms with Crippen LogP contribution in [0.4, 0.5) is 0 Å². The van der Waals surface area contributed by atoms with Gasteiger partial charge >= 0.3 is 5.97 Å². The predicted octanol–water partition coefficient (Wildman–Crippen LogP) is 2.75. The van der Waals surface area contributed by atoms with E-state index in [0.29, 0.717) is 5.76 Å². The summed E-state index contributed by atoms with van der Waals surface area (Å²) in [6, 6.07) is 8.92. The van der Waals surface area contributed by atoms with Crippen molar-refractivity contribution in [2.45, 2.75) is 13.0 Å². The summed E-state index contributed by atoms with van der Waals surface area (Å²) in [5, 5.41) is 12.3. The van der Waals surface area contributed by atoms with Crippen LogP contribution in [0.15, 0.2) is 34.9 Å². The fourth-order valence-corrected chi connectivity index (χ4v) is 1.59. The van der Waals surface area contributed by atoms with E-state index in [0.717, 1.165) is 11.1 Å². The van der Waals surface area contributed by atoms with Crippen molar-refractivity contribution in [3.05, 3.63) is 41.6 Å². The first-order chi connectivity index (χ1) is 8.61. The Labute approximate surface area is 104 Å². The zero-order chi connectivity index (χ0) is 13.1. The number of carboxylic acids is 1. The largest absolute Gasteiger partial charge is 0.476 e. The number of rotatable bonds is 4. The Balaban J connectivity index is 2.35. The molecule has 2 rings (SSSR count). The summed E-state index contributed by atoms with van der Waals surface area (Å²) in [6.07, 6.45) is -0.0354. The number of aromatic nitrogens is 1. The maximum atomic E-state index is 10.7. The molecule has 0 fully saturated rings. The van der Waals surface area contributed by atoms with Crippen molar-refractivity contribution < 1.29 is 19.2 Å². The number of aromatic carboxylic acids is 1. The Morgan fingerprint density at radius 2 is 2.22 bits per heavy atom. The van der Waals surface area contributed by atoms with Gasteiger partial charge in [0.2, 0.25) is 0 Å². The van der Waals surface area contributed by atoms with Gasteiger partial charge in [0, 0.05) is 18.7 Å². The first-order valence-electron chi connectivity index (χ1n) is 5.45. The molecule has 1 N–H and O–H groups in total. The van der Waals surface area contributed by atoms with Crippen molar-refractivity contribution >= 4 is 5.97 Å². The second-order valence-electron chi connectivity index (χ2n) is 3.88. The molecule has 1 aromatic heterocycles. The molecule has 1 heterocycles. The minimum Gasteiger partial charge on any atom is -0.476 e. The van der Waals surface area contributed by atoms with E-state index in [9.17, 15) is 4.79 Å². The van der Waals surface area contributed by atoms with E-state index in [-0.39, 0.29) is 11.8 Å². The van der Waals surface area contributed by atoms with Gasteiger partial charge in [-0.15, -0.1) is 0 Å². The van der Waals surface area contributed by atoms with Gasteiger partial charge < -0.3 is 14.4 Å². The first-order valence-corrected chi connectivity index (χ1v) is 5.45. The lowest BCUT2D eigenvalue weighted by atomic mass is 10.1. The second kappa shape index (κ2) is 5.01. The number of carbonyl (C=O) groups is 1. The first kappa shape index (κ1) is 12.3. The van der Waals surface area contributed by atoms with Gasteiger partial charge in [-0.25, -0.2) is 4.79 Å². The van der Waals surface area contributed by atoms with E-state index in [1.54, 1.807) is 7.11 Å². The van der Waals surface area contributed by atoms with Crippen LogP contribution in [-0.2, 0) is 4.74 Å². The molecule has 0 saturated carbocycles. The highest BCUT2D eigenvalue weighted by Gasteiger charge is 2.13. The van der Waals surface area contributed by atoms with Gasteiger partial charge in [0.15, 0.2) is 11.5 Å². The highest BCUT2D eigenvalue weighted by atomic mass is 16.5. The maximum absolute atomic E-state index is 10.7. The van der Waals surface area contributed by atoms with E-state index in [4.69, 9.17) is 14.4 Å². The minimum atomic E-state index is -1.11. The van der Waals surface area contributed by atoms with E-state index >= 15 is 0 Å². The third-order valence-corrected chi connectivity index (χ3v) is 2.72. The molecule has 18 heavy (non-hydrogen) atoms. The molecule has 94 valence electrons. The topological polar surface area (TPSA) is 72.6 Å². The third-order valence-electron chi connectivity index (χ3n) is 2.72. The summed E-state index contributed by atoms with van der Waals surface area (Å²) in [4.78, 5) is 10.7. The molecule has 0 aliphatic rings. The number of nitrogens with zero attached hydrogens (tertiary/aromatic N) is 1. The van der Waals surface area contributed by atoms with E-state index in [2.05, 4.69) is 5.16 Å². The normalized spacial score (nSPS) is 12.3. The van der Waals surface area contributed by atoms with Crippen LogP contribution in [0.2, 0.25) is 0 Å². The Morgan fingerprint density at radius 1 is 1.44 bits per heavy atom. The molecule has 0 bridgehead atoms. The van der Waals surface area contributed by atoms with Crippen LogP contribution < -0.4 is 0 Å². The van der Waals surface area contributed by atoms with Crippen LogP contribution >= 0.6 is 0 Å². The van der Waals surface area contributed by atoms with Gasteiger partial charge in [-0.2, -0.15) is 0 Å². The summed E-state index contributed by atoms with van der Waals surface area (Å²) in [6.45, 7) is 1.93. The summed E-state index contributed by atoms with van der Waals surface area (Å²) >= 11 is 0. The van der Waals surface area contributed by atoms with Crippen molar-refractivity contribution in [1.82, 2.24) is 5.16 Å². The quantitative estimate of drug-likeness (QED) is 0.899. The fourth-order valence-electron chi connectivity index (χ4n) is 1.59. The zero-order valence-corrected chi connectivity index (χ0v) is 10.1. The van der Waals surface area contributed by atoms with Crippen LogP contribution in [0.1, 0.15) is 29.1 Å². The fraction of sp³-hybridized carbons (Fsp3) is 0.231. The molecule has 0 amide bonds. The highest BCUT2D eigenvalue weighted by Crippen LogP contribution is 2.25. The Hall–Kier alpha value is -2.14. The van der Waals surface area contributed by atoms with Crippen molar-refractivity contribution in [3.63, 3.8) is 0 Å². The van der Waals surface area contributed by atoms with Crippen molar-refractivity contribution in [2.75, 3.05) is 7.11 Å². The van der Waals surface area contributed by atoms with Crippen LogP contribution in [0.3, 0.4) is 0 Å². The van der Waals surface area contributed by atoms with Crippen LogP contribution in [0.5, 0.6) is 0 Å². The van der Waals surface area contributed by atoms with Crippen LogP contribution in [0, 0.1) is 0 Å². The molecule has 2 aromatic rings. The number of hydrogen-bond acceptors (Lipinski definition) is 4. The number of methoxy groups -OCH3 is 1. The molecule has 1 aromatic carbocycles. The average molecular weight is 247 g/mol. The molecule has 1 unspecified atom stereocenters. The number of carboxylic acid groups (broad SMARTS) is 1. The molecule has 0 saturated heterocycles. The number of benzene rings is 1. The molecule has 0 aliphatic heterocycles. The molecule has 0 aliphatic carbocycles. The molecular weight excluding hydrogens is 234 g/mol. The van der Waals surface area contributed by atoms with Gasteiger partial charge in [-0.05, 0) is 18.6 Å². The highest BCUT2D eigenvalue weighted by molar-refractivity contribution is 5.86. The lowest BCUT2D eigenvalue weighted by molar-refractivity contribution is 0.0686. The zero-order valence-electron chi connectivity index (χ0n) is 10.1. The lowest BCUT2D eigenvalue weighted by Crippen LogP contribution is -1.95. The van der Waals surface area contributed by atoms with Gasteiger partial charge in [-0.3, -0.25) is 0 Å². The second-order valence-corrected chi connectivity index (χ2v) is 3.88. The van der Waals surface area contributed by atoms with Crippen LogP contribution in [0.25, 0.3) is 11.3 Å². The predicted molar refractivity (Wildman–Crippen MR) is 64.3 cm³/mol. The maximum Gasteiger partial charge on any atom is 0.358 e. The standard InChI is InChI=1S/C13H13NO4/c1-8(17-2)9-4-3-5-10(6-9)12-7-11(13(15)16)14-18-12/h3-8H,1-2H3,(H,15,16). The molecule has 0 spiro atoms. The lowest BCUT2D eigenvalue weighted by Gasteiger charge is -2.10. The summed E-state index contributed by atoms with van der Waals surface area (Å²) in [7, 11) is 1.63. The summed E-state index contributed by atoms with van der Waals surface area (Å²) in [5.41, 5.74) is 1.66. The van der Waals surface area contributed by atoms with E-state index in [1.807, 2.05) is 31.2 Å². The van der Waals surface area contributed by atoms with Gasteiger partial charge in [0.1, 0.15) is 0 Å². The summed E-state index contributed by atoms with van der Waals surface area (Å²) < 4.78 is 10.2. The number of hydrogen-bond donors (Lipinski definition) is 1. The average Bonchev–Trinajstić information content (AvgIpc) is 2.88. The monoisotopic (exact) mass is 247 g/mol. The Kier molecular flexibility index (Phi) is 3.43. The van der Waals surface area contributed by atoms with Crippen LogP contribution in [-0.4, -0.2) is 23.3 Å². The SMILES string of the molecule is COC(C)c1cccc(-c2cc(C(=O)O)no2)c1. The minimum absolute atomic E-state index is 0.0354. The molecule has 1 atom stereocenters. The number of ether oxygens (including phenoxy) is 1. The van der Waals surface area contributed by atoms with Crippen molar-refractivity contribution in [2.24, 2.45) is 0 Å². The van der Waals surface area contributed by atoms with E-state index in [1.165, 1.54) is 6.07 Å². The van der Waals surface area contributed by atoms with Crippen molar-refractivity contribution in [1.29, 1.82) is 0 Å². The van der Waals surface area contributed by atoms with Crippen molar-refractivity contribution in [3.8, 4) is 11.3 Å². The Morgan fingerprint density at radius 3 is 2.83 bits per heavy atom. The molecule has 5 heteroatoms. The summed E-state index contributed by atoms with van der Waals surface area (Å²) in [5.74, 6) is -0.677. The third kappa shape index (κ3) is 2.41. The van der Waals surface area contributed by atoms with E-state index < -0.39 is 5.97 Å². The Bertz CT molecular complexity index is 562. The van der Waals surface area contributed by atoms with Gasteiger partial charge in [-0.1, -0.05) is 23.4 Å². The molecular formula is C13H13NO4. The molecule has 0 radical (unpaired) electrons.